The molecule has 2 aromatic rings. The number of carbonyl (C=O) groups is 5. The van der Waals surface area contributed by atoms with Crippen molar-refractivity contribution in [2.45, 2.75) is 62.1 Å². The van der Waals surface area contributed by atoms with E-state index in [4.69, 9.17) is 42.1 Å². The first-order chi connectivity index (χ1) is 24.4. The minimum atomic E-state index is -3.37. The van der Waals surface area contributed by atoms with Gasteiger partial charge in [-0.25, -0.2) is 4.79 Å². The van der Waals surface area contributed by atoms with Crippen LogP contribution in [-0.2, 0) is 31.0 Å². The van der Waals surface area contributed by atoms with Gasteiger partial charge in [0.05, 0.1) is 49.1 Å². The Bertz CT molecular complexity index is 2030. The number of allylic oxidation sites excluding steroid dienone is 2. The molecule has 1 saturated heterocycles. The Labute approximate surface area is 304 Å². The molecule has 1 aliphatic heterocycles. The van der Waals surface area contributed by atoms with E-state index >= 15 is 0 Å². The van der Waals surface area contributed by atoms with E-state index in [1.54, 1.807) is 6.92 Å². The molecule has 4 aliphatic rings. The van der Waals surface area contributed by atoms with Crippen LogP contribution < -0.4 is 5.32 Å². The number of nitrogens with one attached hydrogen (secondary N) is 1. The fourth-order valence-electron chi connectivity index (χ4n) is 7.94. The molecule has 52 heavy (non-hydrogen) atoms. The average molecular weight is 767 g/mol. The maximum Gasteiger partial charge on any atom is 0.341 e. The van der Waals surface area contributed by atoms with E-state index in [0.29, 0.717) is 0 Å². The lowest BCUT2D eigenvalue weighted by Crippen LogP contribution is -2.73. The van der Waals surface area contributed by atoms with E-state index in [2.05, 4.69) is 5.32 Å². The van der Waals surface area contributed by atoms with Crippen LogP contribution in [0.2, 0.25) is 5.02 Å². The number of ketones is 4. The van der Waals surface area contributed by atoms with Gasteiger partial charge in [-0.1, -0.05) is 23.2 Å². The van der Waals surface area contributed by atoms with Crippen LogP contribution in [0.25, 0.3) is 0 Å². The van der Waals surface area contributed by atoms with Crippen LogP contribution in [-0.4, -0.2) is 124 Å². The number of esters is 1. The standard InChI is InChI=1S/C34H33Cl2NO15/c1-9-16(32(47)50-4)26(43)19-13(20(9)35)7-15(39)34(51-5)30(46)18-12(29(45)33(19,34)48)6-11-17(25(18)42)27(44)21(36)22(23(11)40)37-31-14(8-38)24(41)28(49-3)10(2)52-31/h6,10,14-15,24,28,31,37-39,41-43,48H,7-8H2,1-5H3/t10-,14+,15+,24-,28-,31-,33-,34+/m0/s1. The summed E-state index contributed by atoms with van der Waals surface area (Å²) in [6.07, 6.45) is -6.98. The number of aliphatic hydroxyl groups is 4. The molecule has 7 N–H and O–H groups in total. The first-order valence-electron chi connectivity index (χ1n) is 15.7. The van der Waals surface area contributed by atoms with Crippen LogP contribution in [0.3, 0.4) is 0 Å². The Hall–Kier alpha value is -3.97. The van der Waals surface area contributed by atoms with Crippen molar-refractivity contribution >= 4 is 52.3 Å². The molecule has 0 amide bonds. The van der Waals surface area contributed by atoms with Crippen LogP contribution in [0.5, 0.6) is 11.5 Å². The zero-order valence-corrected chi connectivity index (χ0v) is 29.6. The molecule has 2 aromatic carbocycles. The van der Waals surface area contributed by atoms with Crippen molar-refractivity contribution < 1.29 is 73.6 Å². The molecule has 8 atom stereocenters. The Kier molecular flexibility index (Phi) is 9.34. The van der Waals surface area contributed by atoms with Gasteiger partial charge in [0.25, 0.3) is 0 Å². The summed E-state index contributed by atoms with van der Waals surface area (Å²) < 4.78 is 21.3. The number of phenolic OH excluding ortho intramolecular Hbond substituents is 2. The van der Waals surface area contributed by atoms with Gasteiger partial charge in [0.1, 0.15) is 40.1 Å². The predicted octanol–water partition coefficient (Wildman–Crippen LogP) is 0.563. The van der Waals surface area contributed by atoms with Gasteiger partial charge in [-0.2, -0.15) is 0 Å². The highest BCUT2D eigenvalue weighted by molar-refractivity contribution is 6.50. The second-order valence-electron chi connectivity index (χ2n) is 12.9. The third-order valence-electron chi connectivity index (χ3n) is 10.5. The van der Waals surface area contributed by atoms with Gasteiger partial charge in [-0.3, -0.25) is 19.2 Å². The van der Waals surface area contributed by atoms with Crippen molar-refractivity contribution in [1.29, 1.82) is 0 Å². The van der Waals surface area contributed by atoms with E-state index in [1.807, 2.05) is 0 Å². The number of aromatic hydroxyl groups is 2. The maximum absolute atomic E-state index is 14.7. The fraction of sp³-hybridized carbons (Fsp3) is 0.441. The molecule has 16 nitrogen and oxygen atoms in total. The first kappa shape index (κ1) is 37.8. The van der Waals surface area contributed by atoms with Crippen LogP contribution >= 0.6 is 23.2 Å². The predicted molar refractivity (Wildman–Crippen MR) is 176 cm³/mol. The lowest BCUT2D eigenvalue weighted by atomic mass is 9.56. The number of methoxy groups -OCH3 is 3. The molecule has 1 heterocycles. The third-order valence-corrected chi connectivity index (χ3v) is 11.4. The molecule has 6 rings (SSSR count). The van der Waals surface area contributed by atoms with Crippen molar-refractivity contribution in [2.24, 2.45) is 5.92 Å². The lowest BCUT2D eigenvalue weighted by Gasteiger charge is -2.53. The number of fused-ring (bicyclic) bond motifs is 5. The minimum absolute atomic E-state index is 0.0370. The quantitative estimate of drug-likeness (QED) is 0.198. The summed E-state index contributed by atoms with van der Waals surface area (Å²) >= 11 is 12.9. The number of phenols is 2. The van der Waals surface area contributed by atoms with Crippen LogP contribution in [0.15, 0.2) is 16.8 Å². The third kappa shape index (κ3) is 4.63. The average Bonchev–Trinajstić information content (AvgIpc) is 3.10. The Morgan fingerprint density at radius 2 is 1.67 bits per heavy atom. The highest BCUT2D eigenvalue weighted by atomic mass is 35.5. The summed E-state index contributed by atoms with van der Waals surface area (Å²) in [4.78, 5) is 69.8. The van der Waals surface area contributed by atoms with Gasteiger partial charge in [-0.15, -0.1) is 0 Å². The molecular weight excluding hydrogens is 733 g/mol. The van der Waals surface area contributed by atoms with Crippen LogP contribution in [0.4, 0.5) is 0 Å². The summed E-state index contributed by atoms with van der Waals surface area (Å²) in [6.45, 7) is 2.22. The molecule has 0 radical (unpaired) electrons. The molecule has 0 spiro atoms. The zero-order chi connectivity index (χ0) is 38.5. The van der Waals surface area contributed by atoms with Crippen molar-refractivity contribution in [3.8, 4) is 11.5 Å². The molecule has 3 aliphatic carbocycles. The monoisotopic (exact) mass is 765 g/mol. The van der Waals surface area contributed by atoms with Crippen molar-refractivity contribution in [3.05, 3.63) is 66.3 Å². The summed E-state index contributed by atoms with van der Waals surface area (Å²) in [7, 11) is 3.18. The molecule has 278 valence electrons. The number of ether oxygens (including phenoxy) is 4. The van der Waals surface area contributed by atoms with Crippen molar-refractivity contribution in [1.82, 2.24) is 5.32 Å². The second kappa shape index (κ2) is 12.9. The lowest BCUT2D eigenvalue weighted by molar-refractivity contribution is -0.214. The number of hydrogen-bond acceptors (Lipinski definition) is 16. The molecule has 0 bridgehead atoms. The maximum atomic E-state index is 14.7. The Morgan fingerprint density at radius 3 is 2.25 bits per heavy atom. The van der Waals surface area contributed by atoms with Crippen LogP contribution in [0, 0.1) is 12.8 Å². The number of hydrogen-bond donors (Lipinski definition) is 7. The summed E-state index contributed by atoms with van der Waals surface area (Å²) in [5, 5.41) is 69.5. The molecule has 0 unspecified atom stereocenters. The number of rotatable bonds is 6. The summed E-state index contributed by atoms with van der Waals surface area (Å²) in [6, 6.07) is 0.756. The van der Waals surface area contributed by atoms with Gasteiger partial charge >= 0.3 is 5.97 Å². The molecule has 18 heteroatoms. The summed E-state index contributed by atoms with van der Waals surface area (Å²) in [5.74, 6) is -9.68. The second-order valence-corrected chi connectivity index (χ2v) is 13.7. The summed E-state index contributed by atoms with van der Waals surface area (Å²) in [5.41, 5.74) is -11.8. The number of benzene rings is 2. The van der Waals surface area contributed by atoms with E-state index in [-0.39, 0.29) is 16.1 Å². The highest BCUT2D eigenvalue weighted by Gasteiger charge is 2.73. The largest absolute Gasteiger partial charge is 0.507 e. The van der Waals surface area contributed by atoms with Crippen molar-refractivity contribution in [3.63, 3.8) is 0 Å². The highest BCUT2D eigenvalue weighted by Crippen LogP contribution is 2.58. The van der Waals surface area contributed by atoms with E-state index < -0.39 is 146 Å². The fourth-order valence-corrected chi connectivity index (χ4v) is 8.45. The topological polar surface area (TPSA) is 256 Å². The minimum Gasteiger partial charge on any atom is -0.507 e. The van der Waals surface area contributed by atoms with Gasteiger partial charge in [-0.05, 0) is 31.0 Å². The SMILES string of the molecule is COC(=O)c1c(C)c(Cl)c2c(c1O)[C@]1(O)C(=O)c3cc4c(c(O)c3C(=O)[C@]1(OC)[C@H](O)C2)C(=O)C(Cl)=C(N[C@H]1O[C@@H](C)[C@H](OC)[C@@H](O)[C@H]1CO)C4=O. The Balaban J connectivity index is 1.56. The van der Waals surface area contributed by atoms with E-state index in [9.17, 15) is 54.6 Å². The number of carbonyl (C=O) groups excluding carboxylic acids is 5. The molecule has 0 saturated carbocycles. The molecule has 0 aromatic heterocycles. The number of halogens is 2. The number of Topliss-reactive ketones (excluding diaryl/α,β-unsaturated/α-hetero) is 4. The zero-order valence-electron chi connectivity index (χ0n) is 28.1. The smallest absolute Gasteiger partial charge is 0.341 e. The van der Waals surface area contributed by atoms with Crippen molar-refractivity contribution in [2.75, 3.05) is 27.9 Å². The van der Waals surface area contributed by atoms with Gasteiger partial charge < -0.3 is 54.9 Å². The van der Waals surface area contributed by atoms with E-state index in [1.165, 1.54) is 14.0 Å². The van der Waals surface area contributed by atoms with Gasteiger partial charge in [0.15, 0.2) is 11.2 Å². The Morgan fingerprint density at radius 1 is 1.02 bits per heavy atom. The normalized spacial score (nSPS) is 31.1. The van der Waals surface area contributed by atoms with Crippen LogP contribution in [0.1, 0.15) is 75.4 Å². The molecular formula is C34H33Cl2NO15. The van der Waals surface area contributed by atoms with Gasteiger partial charge in [0, 0.05) is 42.4 Å². The molecule has 1 fully saturated rings. The number of aliphatic hydroxyl groups excluding tert-OH is 3. The van der Waals surface area contributed by atoms with E-state index in [0.717, 1.165) is 20.3 Å². The van der Waals surface area contributed by atoms with Gasteiger partial charge in [0.2, 0.25) is 23.1 Å². The first-order valence-corrected chi connectivity index (χ1v) is 16.5.